The number of ketones is 1. The molecule has 0 aromatic rings. The molecule has 2 atom stereocenters. The standard InChI is InChI=1S/C16H24O4/c1-4-5-6-11-9-14(17)13(16(2,3)20)8-7-12(11)10-15(18)19/h4,9,12-13,20H,1,5-8,10H2,2-3H3,(H,18,19)/t12-,13+/m0/s1. The molecule has 0 bridgehead atoms. The van der Waals surface area contributed by atoms with Crippen LogP contribution in [0.3, 0.4) is 0 Å². The molecule has 4 nitrogen and oxygen atoms in total. The number of hydrogen-bond acceptors (Lipinski definition) is 3. The van der Waals surface area contributed by atoms with Gasteiger partial charge in [0.2, 0.25) is 0 Å². The Morgan fingerprint density at radius 3 is 2.65 bits per heavy atom. The van der Waals surface area contributed by atoms with E-state index in [1.54, 1.807) is 26.0 Å². The molecule has 0 aliphatic heterocycles. The maximum Gasteiger partial charge on any atom is 0.303 e. The van der Waals surface area contributed by atoms with Crippen LogP contribution < -0.4 is 0 Å². The minimum absolute atomic E-state index is 0.0365. The largest absolute Gasteiger partial charge is 0.481 e. The van der Waals surface area contributed by atoms with E-state index in [9.17, 15) is 14.7 Å². The van der Waals surface area contributed by atoms with Crippen LogP contribution in [-0.2, 0) is 9.59 Å². The van der Waals surface area contributed by atoms with E-state index in [1.165, 1.54) is 0 Å². The van der Waals surface area contributed by atoms with E-state index < -0.39 is 17.5 Å². The van der Waals surface area contributed by atoms with Crippen LogP contribution in [0.2, 0.25) is 0 Å². The smallest absolute Gasteiger partial charge is 0.303 e. The van der Waals surface area contributed by atoms with Crippen molar-refractivity contribution < 1.29 is 19.8 Å². The molecule has 0 aromatic carbocycles. The molecule has 0 fully saturated rings. The van der Waals surface area contributed by atoms with Gasteiger partial charge in [0.1, 0.15) is 0 Å². The van der Waals surface area contributed by atoms with E-state index in [0.717, 1.165) is 12.0 Å². The summed E-state index contributed by atoms with van der Waals surface area (Å²) in [4.78, 5) is 23.2. The molecule has 0 saturated carbocycles. The number of allylic oxidation sites excluding steroid dienone is 3. The van der Waals surface area contributed by atoms with Gasteiger partial charge in [-0.1, -0.05) is 11.6 Å². The van der Waals surface area contributed by atoms with Gasteiger partial charge < -0.3 is 10.2 Å². The van der Waals surface area contributed by atoms with Gasteiger partial charge in [-0.25, -0.2) is 0 Å². The lowest BCUT2D eigenvalue weighted by atomic mass is 9.83. The quantitative estimate of drug-likeness (QED) is 0.734. The van der Waals surface area contributed by atoms with Crippen molar-refractivity contribution in [3.05, 3.63) is 24.3 Å². The second-order valence-corrected chi connectivity index (χ2v) is 6.03. The fourth-order valence-corrected chi connectivity index (χ4v) is 2.79. The first kappa shape index (κ1) is 16.6. The number of aliphatic carboxylic acids is 1. The lowest BCUT2D eigenvalue weighted by Gasteiger charge is -2.26. The zero-order valence-electron chi connectivity index (χ0n) is 12.3. The average Bonchev–Trinajstić information content (AvgIpc) is 2.45. The van der Waals surface area contributed by atoms with Gasteiger partial charge in [0, 0.05) is 5.92 Å². The lowest BCUT2D eigenvalue weighted by Crippen LogP contribution is -2.35. The van der Waals surface area contributed by atoms with Crippen molar-refractivity contribution in [2.24, 2.45) is 11.8 Å². The van der Waals surface area contributed by atoms with Crippen molar-refractivity contribution in [1.82, 2.24) is 0 Å². The highest BCUT2D eigenvalue weighted by Crippen LogP contribution is 2.34. The van der Waals surface area contributed by atoms with Crippen LogP contribution in [0.15, 0.2) is 24.3 Å². The van der Waals surface area contributed by atoms with Gasteiger partial charge in [-0.05, 0) is 51.5 Å². The summed E-state index contributed by atoms with van der Waals surface area (Å²) in [5.41, 5.74) is -0.195. The fraction of sp³-hybridized carbons (Fsp3) is 0.625. The third-order valence-corrected chi connectivity index (χ3v) is 3.91. The van der Waals surface area contributed by atoms with E-state index in [1.807, 2.05) is 0 Å². The molecule has 0 radical (unpaired) electrons. The number of carbonyl (C=O) groups excluding carboxylic acids is 1. The molecule has 2 N–H and O–H groups in total. The molecule has 1 aliphatic carbocycles. The van der Waals surface area contributed by atoms with Crippen LogP contribution >= 0.6 is 0 Å². The molecule has 20 heavy (non-hydrogen) atoms. The molecule has 1 aliphatic rings. The van der Waals surface area contributed by atoms with Crippen LogP contribution in [0.25, 0.3) is 0 Å². The summed E-state index contributed by atoms with van der Waals surface area (Å²) in [6, 6.07) is 0. The second-order valence-electron chi connectivity index (χ2n) is 6.03. The number of aliphatic hydroxyl groups is 1. The SMILES string of the molecule is C=CCCC1=CC(=O)[C@H](C(C)(C)O)CC[C@H]1CC(=O)O. The highest BCUT2D eigenvalue weighted by Gasteiger charge is 2.35. The van der Waals surface area contributed by atoms with Crippen molar-refractivity contribution >= 4 is 11.8 Å². The zero-order valence-corrected chi connectivity index (χ0v) is 12.3. The zero-order chi connectivity index (χ0) is 15.3. The summed E-state index contributed by atoms with van der Waals surface area (Å²) in [7, 11) is 0. The first-order valence-electron chi connectivity index (χ1n) is 7.05. The third kappa shape index (κ3) is 4.60. The number of hydrogen-bond donors (Lipinski definition) is 2. The van der Waals surface area contributed by atoms with E-state index >= 15 is 0 Å². The minimum Gasteiger partial charge on any atom is -0.481 e. The molecule has 0 spiro atoms. The predicted molar refractivity (Wildman–Crippen MR) is 77.3 cm³/mol. The van der Waals surface area contributed by atoms with Gasteiger partial charge in [0.15, 0.2) is 5.78 Å². The van der Waals surface area contributed by atoms with Crippen molar-refractivity contribution in [2.75, 3.05) is 0 Å². The first-order chi connectivity index (χ1) is 9.25. The Bertz CT molecular complexity index is 415. The fourth-order valence-electron chi connectivity index (χ4n) is 2.79. The molecule has 1 rings (SSSR count). The van der Waals surface area contributed by atoms with Crippen LogP contribution in [0.1, 0.15) is 46.0 Å². The number of carboxylic acids is 1. The van der Waals surface area contributed by atoms with Crippen LogP contribution in [0.5, 0.6) is 0 Å². The molecular formula is C16H24O4. The maximum absolute atomic E-state index is 12.3. The van der Waals surface area contributed by atoms with Crippen molar-refractivity contribution in [3.63, 3.8) is 0 Å². The summed E-state index contributed by atoms with van der Waals surface area (Å²) in [5, 5.41) is 19.1. The average molecular weight is 280 g/mol. The Labute approximate surface area is 120 Å². The highest BCUT2D eigenvalue weighted by atomic mass is 16.4. The second kappa shape index (κ2) is 6.84. The van der Waals surface area contributed by atoms with Crippen LogP contribution in [0, 0.1) is 11.8 Å². The summed E-state index contributed by atoms with van der Waals surface area (Å²) >= 11 is 0. The van der Waals surface area contributed by atoms with E-state index in [2.05, 4.69) is 6.58 Å². The summed E-state index contributed by atoms with van der Waals surface area (Å²) in [6.07, 6.45) is 5.89. The van der Waals surface area contributed by atoms with Crippen LogP contribution in [0.4, 0.5) is 0 Å². The monoisotopic (exact) mass is 280 g/mol. The number of carboxylic acid groups (broad SMARTS) is 1. The van der Waals surface area contributed by atoms with Gasteiger partial charge in [-0.2, -0.15) is 0 Å². The van der Waals surface area contributed by atoms with Gasteiger partial charge in [0.05, 0.1) is 12.0 Å². The predicted octanol–water partition coefficient (Wildman–Crippen LogP) is 2.72. The molecule has 0 aromatic heterocycles. The summed E-state index contributed by atoms with van der Waals surface area (Å²) in [5.74, 6) is -1.53. The lowest BCUT2D eigenvalue weighted by molar-refractivity contribution is -0.137. The highest BCUT2D eigenvalue weighted by molar-refractivity contribution is 5.93. The van der Waals surface area contributed by atoms with Gasteiger partial charge >= 0.3 is 5.97 Å². The Morgan fingerprint density at radius 1 is 1.50 bits per heavy atom. The van der Waals surface area contributed by atoms with Gasteiger partial charge in [-0.3, -0.25) is 9.59 Å². The normalized spacial score (nSPS) is 23.9. The van der Waals surface area contributed by atoms with Crippen molar-refractivity contribution in [1.29, 1.82) is 0 Å². The molecule has 0 amide bonds. The van der Waals surface area contributed by atoms with Gasteiger partial charge in [0.25, 0.3) is 0 Å². The maximum atomic E-state index is 12.3. The minimum atomic E-state index is -1.07. The van der Waals surface area contributed by atoms with Crippen LogP contribution in [-0.4, -0.2) is 27.6 Å². The molecular weight excluding hydrogens is 256 g/mol. The van der Waals surface area contributed by atoms with E-state index in [4.69, 9.17) is 5.11 Å². The number of carbonyl (C=O) groups is 2. The Kier molecular flexibility index (Phi) is 5.69. The number of rotatable bonds is 6. The molecule has 0 unspecified atom stereocenters. The molecule has 0 heterocycles. The van der Waals surface area contributed by atoms with Gasteiger partial charge in [-0.15, -0.1) is 6.58 Å². The third-order valence-electron chi connectivity index (χ3n) is 3.91. The topological polar surface area (TPSA) is 74.6 Å². The Morgan fingerprint density at radius 2 is 2.15 bits per heavy atom. The van der Waals surface area contributed by atoms with Crippen molar-refractivity contribution in [2.45, 2.75) is 51.6 Å². The Balaban J connectivity index is 2.99. The molecule has 4 heteroatoms. The molecule has 112 valence electrons. The first-order valence-corrected chi connectivity index (χ1v) is 7.05. The van der Waals surface area contributed by atoms with Crippen molar-refractivity contribution in [3.8, 4) is 0 Å². The Hall–Kier alpha value is -1.42. The van der Waals surface area contributed by atoms with E-state index in [-0.39, 0.29) is 18.1 Å². The summed E-state index contributed by atoms with van der Waals surface area (Å²) < 4.78 is 0. The summed E-state index contributed by atoms with van der Waals surface area (Å²) in [6.45, 7) is 6.92. The van der Waals surface area contributed by atoms with E-state index in [0.29, 0.717) is 19.3 Å². The molecule has 0 saturated heterocycles.